The standard InChI is InChI=1S/C13H11ClO3.K/c14-5-6-17-12-4-3-9-7-11(13(15)16)2-1-10(9)8-12;/h1-4,7-8H,5-6H2,(H,15,16);/q;+1/p-1. The van der Waals surface area contributed by atoms with Crippen LogP contribution in [0.2, 0.25) is 0 Å². The quantitative estimate of drug-likeness (QED) is 0.526. The fourth-order valence-electron chi connectivity index (χ4n) is 1.60. The summed E-state index contributed by atoms with van der Waals surface area (Å²) in [7, 11) is 0. The van der Waals surface area contributed by atoms with Gasteiger partial charge in [0.25, 0.3) is 0 Å². The Kier molecular flexibility index (Phi) is 6.63. The fraction of sp³-hybridized carbons (Fsp3) is 0.154. The molecule has 5 heteroatoms. The van der Waals surface area contributed by atoms with Gasteiger partial charge in [0.1, 0.15) is 12.4 Å². The maximum absolute atomic E-state index is 10.7. The Hall–Kier alpha value is -0.104. The van der Waals surface area contributed by atoms with E-state index in [-0.39, 0.29) is 56.9 Å². The summed E-state index contributed by atoms with van der Waals surface area (Å²) in [5.41, 5.74) is 0.173. The summed E-state index contributed by atoms with van der Waals surface area (Å²) in [6.45, 7) is 0.449. The average molecular weight is 289 g/mol. The van der Waals surface area contributed by atoms with Crippen LogP contribution in [-0.2, 0) is 0 Å². The van der Waals surface area contributed by atoms with Gasteiger partial charge in [-0.1, -0.05) is 18.2 Å². The van der Waals surface area contributed by atoms with Crippen LogP contribution in [0.3, 0.4) is 0 Å². The van der Waals surface area contributed by atoms with Crippen LogP contribution in [-0.4, -0.2) is 18.5 Å². The average Bonchev–Trinajstić information content (AvgIpc) is 2.35. The van der Waals surface area contributed by atoms with Crippen LogP contribution in [0.25, 0.3) is 10.8 Å². The molecular weight excluding hydrogens is 279 g/mol. The number of halogens is 1. The number of rotatable bonds is 4. The van der Waals surface area contributed by atoms with E-state index < -0.39 is 5.97 Å². The molecule has 2 rings (SSSR count). The first-order chi connectivity index (χ1) is 8.20. The number of hydrogen-bond donors (Lipinski definition) is 0. The minimum atomic E-state index is -1.17. The van der Waals surface area contributed by atoms with Gasteiger partial charge in [-0.2, -0.15) is 0 Å². The molecule has 0 aromatic heterocycles. The summed E-state index contributed by atoms with van der Waals surface area (Å²) in [6.07, 6.45) is 0. The van der Waals surface area contributed by atoms with Gasteiger partial charge in [0.05, 0.1) is 11.8 Å². The zero-order chi connectivity index (χ0) is 12.3. The first kappa shape index (κ1) is 16.0. The normalized spacial score (nSPS) is 9.83. The second-order valence-electron chi connectivity index (χ2n) is 3.55. The first-order valence-corrected chi connectivity index (χ1v) is 5.68. The molecule has 0 N–H and O–H groups in total. The summed E-state index contributed by atoms with van der Waals surface area (Å²) < 4.78 is 5.38. The van der Waals surface area contributed by atoms with Crippen molar-refractivity contribution in [3.63, 3.8) is 0 Å². The molecule has 0 heterocycles. The number of carbonyl (C=O) groups excluding carboxylic acids is 1. The Balaban J connectivity index is 0.00000162. The van der Waals surface area contributed by atoms with Crippen LogP contribution >= 0.6 is 11.6 Å². The maximum atomic E-state index is 10.7. The molecule has 0 radical (unpaired) electrons. The number of carbonyl (C=O) groups is 1. The van der Waals surface area contributed by atoms with E-state index in [0.717, 1.165) is 16.5 Å². The molecule has 18 heavy (non-hydrogen) atoms. The summed E-state index contributed by atoms with van der Waals surface area (Å²) in [4.78, 5) is 10.7. The van der Waals surface area contributed by atoms with E-state index in [9.17, 15) is 9.90 Å². The number of carboxylic acids is 1. The minimum absolute atomic E-state index is 0. The molecule has 0 aliphatic rings. The Morgan fingerprint density at radius 2 is 1.83 bits per heavy atom. The van der Waals surface area contributed by atoms with E-state index >= 15 is 0 Å². The van der Waals surface area contributed by atoms with Crippen LogP contribution in [0.15, 0.2) is 36.4 Å². The van der Waals surface area contributed by atoms with E-state index in [1.165, 1.54) is 6.07 Å². The molecule has 0 bridgehead atoms. The minimum Gasteiger partial charge on any atom is -0.545 e. The van der Waals surface area contributed by atoms with Gasteiger partial charge < -0.3 is 14.6 Å². The SMILES string of the molecule is O=C([O-])c1ccc2cc(OCCCl)ccc2c1.[K+]. The number of fused-ring (bicyclic) bond motifs is 1. The Morgan fingerprint density at radius 3 is 2.50 bits per heavy atom. The third kappa shape index (κ3) is 3.95. The Labute approximate surface area is 153 Å². The molecule has 0 saturated carbocycles. The predicted octanol–water partition coefficient (Wildman–Crippen LogP) is -1.18. The summed E-state index contributed by atoms with van der Waals surface area (Å²) in [5, 5.41) is 12.5. The predicted molar refractivity (Wildman–Crippen MR) is 64.5 cm³/mol. The fourth-order valence-corrected chi connectivity index (χ4v) is 1.67. The van der Waals surface area contributed by atoms with Crippen LogP contribution in [0.4, 0.5) is 0 Å². The second-order valence-corrected chi connectivity index (χ2v) is 3.93. The van der Waals surface area contributed by atoms with E-state index in [0.29, 0.717) is 12.5 Å². The van der Waals surface area contributed by atoms with Gasteiger partial charge >= 0.3 is 51.4 Å². The maximum Gasteiger partial charge on any atom is 1.00 e. The molecule has 0 amide bonds. The van der Waals surface area contributed by atoms with Crippen molar-refractivity contribution in [3.05, 3.63) is 42.0 Å². The monoisotopic (exact) mass is 288 g/mol. The number of benzene rings is 2. The van der Waals surface area contributed by atoms with Crippen LogP contribution in [0.1, 0.15) is 10.4 Å². The molecule has 0 aliphatic carbocycles. The molecule has 0 atom stereocenters. The van der Waals surface area contributed by atoms with Crippen molar-refractivity contribution in [2.24, 2.45) is 0 Å². The number of hydrogen-bond acceptors (Lipinski definition) is 3. The van der Waals surface area contributed by atoms with Gasteiger partial charge in [0.15, 0.2) is 0 Å². The Bertz CT molecular complexity index is 557. The summed E-state index contributed by atoms with van der Waals surface area (Å²) >= 11 is 5.53. The van der Waals surface area contributed by atoms with E-state index in [2.05, 4.69) is 0 Å². The van der Waals surface area contributed by atoms with Gasteiger partial charge in [-0.15, -0.1) is 11.6 Å². The largest absolute Gasteiger partial charge is 1.00 e. The van der Waals surface area contributed by atoms with Crippen molar-refractivity contribution in [1.82, 2.24) is 0 Å². The molecule has 3 nitrogen and oxygen atoms in total. The van der Waals surface area contributed by atoms with Gasteiger partial charge in [0, 0.05) is 0 Å². The van der Waals surface area contributed by atoms with Crippen molar-refractivity contribution in [1.29, 1.82) is 0 Å². The molecule has 2 aromatic rings. The molecular formula is C13H10ClKO3. The van der Waals surface area contributed by atoms with Gasteiger partial charge in [0.2, 0.25) is 0 Å². The Morgan fingerprint density at radius 1 is 1.17 bits per heavy atom. The zero-order valence-electron chi connectivity index (χ0n) is 9.98. The molecule has 0 saturated heterocycles. The molecule has 0 spiro atoms. The van der Waals surface area contributed by atoms with Crippen molar-refractivity contribution < 1.29 is 66.0 Å². The van der Waals surface area contributed by atoms with Crippen LogP contribution < -0.4 is 61.2 Å². The van der Waals surface area contributed by atoms with E-state index in [1.54, 1.807) is 18.2 Å². The zero-order valence-corrected chi connectivity index (χ0v) is 13.9. The number of alkyl halides is 1. The van der Waals surface area contributed by atoms with Gasteiger partial charge in [-0.05, 0) is 34.5 Å². The molecule has 0 unspecified atom stereocenters. The molecule has 0 aliphatic heterocycles. The van der Waals surface area contributed by atoms with Gasteiger partial charge in [-0.25, -0.2) is 0 Å². The van der Waals surface area contributed by atoms with Gasteiger partial charge in [-0.3, -0.25) is 0 Å². The first-order valence-electron chi connectivity index (χ1n) is 5.14. The topological polar surface area (TPSA) is 49.4 Å². The smallest absolute Gasteiger partial charge is 0.545 e. The third-order valence-corrected chi connectivity index (χ3v) is 2.55. The number of aromatic carboxylic acids is 1. The van der Waals surface area contributed by atoms with Crippen molar-refractivity contribution in [3.8, 4) is 5.75 Å². The number of ether oxygens (including phenoxy) is 1. The van der Waals surface area contributed by atoms with E-state index in [4.69, 9.17) is 16.3 Å². The summed E-state index contributed by atoms with van der Waals surface area (Å²) in [5.74, 6) is -0.0181. The van der Waals surface area contributed by atoms with E-state index in [1.807, 2.05) is 12.1 Å². The summed E-state index contributed by atoms with van der Waals surface area (Å²) in [6, 6.07) is 10.3. The third-order valence-electron chi connectivity index (χ3n) is 2.39. The van der Waals surface area contributed by atoms with Crippen molar-refractivity contribution >= 4 is 28.3 Å². The van der Waals surface area contributed by atoms with Crippen LogP contribution in [0.5, 0.6) is 5.75 Å². The molecule has 0 fully saturated rings. The molecule has 2 aromatic carbocycles. The second kappa shape index (κ2) is 7.48. The van der Waals surface area contributed by atoms with Crippen LogP contribution in [0, 0.1) is 0 Å². The number of carboxylic acid groups (broad SMARTS) is 1. The molecule has 88 valence electrons. The van der Waals surface area contributed by atoms with Crippen molar-refractivity contribution in [2.75, 3.05) is 12.5 Å². The van der Waals surface area contributed by atoms with Crippen molar-refractivity contribution in [2.45, 2.75) is 0 Å².